The lowest BCUT2D eigenvalue weighted by Gasteiger charge is -2.15. The average Bonchev–Trinajstić information content (AvgIpc) is 2.27. The van der Waals surface area contributed by atoms with Crippen LogP contribution in [-0.2, 0) is 6.42 Å². The molecule has 0 saturated heterocycles. The van der Waals surface area contributed by atoms with E-state index in [4.69, 9.17) is 5.84 Å². The van der Waals surface area contributed by atoms with E-state index in [-0.39, 0.29) is 11.9 Å². The van der Waals surface area contributed by atoms with Crippen molar-refractivity contribution in [1.29, 1.82) is 0 Å². The number of benzene rings is 1. The molecule has 4 heteroatoms. The molecule has 0 saturated carbocycles. The van der Waals surface area contributed by atoms with Crippen molar-refractivity contribution in [2.45, 2.75) is 38.6 Å². The van der Waals surface area contributed by atoms with Crippen molar-refractivity contribution >= 4 is 15.9 Å². The van der Waals surface area contributed by atoms with E-state index < -0.39 is 0 Å². The van der Waals surface area contributed by atoms with Crippen molar-refractivity contribution in [3.8, 4) is 0 Å². The molecule has 3 N–H and O–H groups in total. The number of nitrogens with one attached hydrogen (secondary N) is 1. The summed E-state index contributed by atoms with van der Waals surface area (Å²) in [5.74, 6) is 5.28. The molecular formula is C12H18BrFN2. The average molecular weight is 289 g/mol. The van der Waals surface area contributed by atoms with Gasteiger partial charge in [0, 0.05) is 10.5 Å². The first-order valence-electron chi connectivity index (χ1n) is 5.57. The third kappa shape index (κ3) is 4.20. The van der Waals surface area contributed by atoms with Gasteiger partial charge in [0.25, 0.3) is 0 Å². The number of unbranched alkanes of at least 4 members (excludes halogenated alkanes) is 1. The van der Waals surface area contributed by atoms with Crippen molar-refractivity contribution in [2.75, 3.05) is 0 Å². The van der Waals surface area contributed by atoms with Gasteiger partial charge < -0.3 is 0 Å². The molecule has 1 rings (SSSR count). The third-order valence-corrected chi connectivity index (χ3v) is 3.12. The minimum absolute atomic E-state index is 0.149. The summed E-state index contributed by atoms with van der Waals surface area (Å²) in [6, 6.07) is 5.29. The molecule has 0 aromatic heterocycles. The Morgan fingerprint density at radius 2 is 2.25 bits per heavy atom. The van der Waals surface area contributed by atoms with E-state index in [2.05, 4.69) is 28.3 Å². The Bertz CT molecular complexity index is 331. The van der Waals surface area contributed by atoms with Gasteiger partial charge in [0.05, 0.1) is 0 Å². The molecule has 16 heavy (non-hydrogen) atoms. The number of hydrazine groups is 1. The fraction of sp³-hybridized carbons (Fsp3) is 0.500. The van der Waals surface area contributed by atoms with Gasteiger partial charge in [0.1, 0.15) is 5.82 Å². The van der Waals surface area contributed by atoms with Crippen LogP contribution >= 0.6 is 15.9 Å². The molecule has 1 aromatic carbocycles. The Morgan fingerprint density at radius 1 is 1.50 bits per heavy atom. The third-order valence-electron chi connectivity index (χ3n) is 2.62. The van der Waals surface area contributed by atoms with Crippen LogP contribution in [0.3, 0.4) is 0 Å². The maximum atomic E-state index is 13.6. The van der Waals surface area contributed by atoms with Crippen LogP contribution in [0.4, 0.5) is 4.39 Å². The van der Waals surface area contributed by atoms with Gasteiger partial charge in [-0.1, -0.05) is 41.8 Å². The highest BCUT2D eigenvalue weighted by atomic mass is 79.9. The molecular weight excluding hydrogens is 271 g/mol. The summed E-state index contributed by atoms with van der Waals surface area (Å²) in [6.07, 6.45) is 3.84. The second-order valence-corrected chi connectivity index (χ2v) is 4.86. The summed E-state index contributed by atoms with van der Waals surface area (Å²) in [5.41, 5.74) is 3.46. The van der Waals surface area contributed by atoms with Crippen LogP contribution in [0.2, 0.25) is 0 Å². The second-order valence-electron chi connectivity index (χ2n) is 3.95. The zero-order valence-electron chi connectivity index (χ0n) is 9.47. The van der Waals surface area contributed by atoms with E-state index in [1.165, 1.54) is 6.07 Å². The van der Waals surface area contributed by atoms with Gasteiger partial charge in [-0.15, -0.1) is 0 Å². The molecule has 90 valence electrons. The predicted octanol–water partition coefficient (Wildman–Crippen LogP) is 3.15. The van der Waals surface area contributed by atoms with E-state index in [0.717, 1.165) is 23.7 Å². The Hall–Kier alpha value is -0.450. The maximum absolute atomic E-state index is 13.6. The molecule has 0 aliphatic rings. The standard InChI is InChI=1S/C12H18BrFN2/c1-2-3-4-11(16-15)7-9-5-6-10(13)8-12(9)14/h5-6,8,11,16H,2-4,7,15H2,1H3. The molecule has 0 radical (unpaired) electrons. The highest BCUT2D eigenvalue weighted by Crippen LogP contribution is 2.17. The van der Waals surface area contributed by atoms with Gasteiger partial charge in [-0.3, -0.25) is 11.3 Å². The van der Waals surface area contributed by atoms with E-state index in [1.807, 2.05) is 6.07 Å². The fourth-order valence-electron chi connectivity index (χ4n) is 1.65. The highest BCUT2D eigenvalue weighted by Gasteiger charge is 2.10. The highest BCUT2D eigenvalue weighted by molar-refractivity contribution is 9.10. The van der Waals surface area contributed by atoms with Gasteiger partial charge >= 0.3 is 0 Å². The van der Waals surface area contributed by atoms with Crippen LogP contribution in [0.25, 0.3) is 0 Å². The molecule has 1 unspecified atom stereocenters. The number of rotatable bonds is 6. The first-order chi connectivity index (χ1) is 7.67. The Kier molecular flexibility index (Phi) is 5.95. The summed E-state index contributed by atoms with van der Waals surface area (Å²) >= 11 is 3.24. The topological polar surface area (TPSA) is 38.0 Å². The summed E-state index contributed by atoms with van der Waals surface area (Å²) in [4.78, 5) is 0. The minimum atomic E-state index is -0.175. The molecule has 0 heterocycles. The van der Waals surface area contributed by atoms with Crippen LogP contribution in [0.15, 0.2) is 22.7 Å². The molecule has 0 fully saturated rings. The molecule has 0 aliphatic heterocycles. The summed E-state index contributed by atoms with van der Waals surface area (Å²) < 4.78 is 14.3. The molecule has 0 spiro atoms. The predicted molar refractivity (Wildman–Crippen MR) is 68.4 cm³/mol. The van der Waals surface area contributed by atoms with Crippen LogP contribution < -0.4 is 11.3 Å². The number of hydrogen-bond acceptors (Lipinski definition) is 2. The van der Waals surface area contributed by atoms with Crippen LogP contribution in [0, 0.1) is 5.82 Å². The number of halogens is 2. The van der Waals surface area contributed by atoms with Gasteiger partial charge in [-0.05, 0) is 30.5 Å². The largest absolute Gasteiger partial charge is 0.271 e. The van der Waals surface area contributed by atoms with Crippen molar-refractivity contribution < 1.29 is 4.39 Å². The van der Waals surface area contributed by atoms with Gasteiger partial charge in [-0.2, -0.15) is 0 Å². The Morgan fingerprint density at radius 3 is 2.81 bits per heavy atom. The molecule has 0 aliphatic carbocycles. The monoisotopic (exact) mass is 288 g/mol. The molecule has 0 bridgehead atoms. The molecule has 2 nitrogen and oxygen atoms in total. The first-order valence-corrected chi connectivity index (χ1v) is 6.36. The lowest BCUT2D eigenvalue weighted by molar-refractivity contribution is 0.464. The van der Waals surface area contributed by atoms with Gasteiger partial charge in [0.2, 0.25) is 0 Å². The number of hydrogen-bond donors (Lipinski definition) is 2. The summed E-state index contributed by atoms with van der Waals surface area (Å²) in [6.45, 7) is 2.13. The van der Waals surface area contributed by atoms with Gasteiger partial charge in [0.15, 0.2) is 0 Å². The summed E-state index contributed by atoms with van der Waals surface area (Å²) in [7, 11) is 0. The lowest BCUT2D eigenvalue weighted by atomic mass is 10.0. The summed E-state index contributed by atoms with van der Waals surface area (Å²) in [5, 5.41) is 0. The van der Waals surface area contributed by atoms with Crippen molar-refractivity contribution in [1.82, 2.24) is 5.43 Å². The second kappa shape index (κ2) is 6.99. The normalized spacial score (nSPS) is 12.8. The number of nitrogens with two attached hydrogens (primary N) is 1. The zero-order valence-corrected chi connectivity index (χ0v) is 11.1. The van der Waals surface area contributed by atoms with E-state index in [9.17, 15) is 4.39 Å². The van der Waals surface area contributed by atoms with Crippen molar-refractivity contribution in [3.63, 3.8) is 0 Å². The Labute approximate surface area is 105 Å². The molecule has 1 atom stereocenters. The van der Waals surface area contributed by atoms with E-state index >= 15 is 0 Å². The van der Waals surface area contributed by atoms with E-state index in [1.54, 1.807) is 6.07 Å². The van der Waals surface area contributed by atoms with E-state index in [0.29, 0.717) is 12.0 Å². The van der Waals surface area contributed by atoms with Crippen molar-refractivity contribution in [2.24, 2.45) is 5.84 Å². The molecule has 0 amide bonds. The van der Waals surface area contributed by atoms with Crippen LogP contribution in [0.5, 0.6) is 0 Å². The smallest absolute Gasteiger partial charge is 0.127 e. The van der Waals surface area contributed by atoms with Crippen LogP contribution in [0.1, 0.15) is 31.7 Å². The lowest BCUT2D eigenvalue weighted by Crippen LogP contribution is -2.36. The van der Waals surface area contributed by atoms with Crippen LogP contribution in [-0.4, -0.2) is 6.04 Å². The van der Waals surface area contributed by atoms with Gasteiger partial charge in [-0.25, -0.2) is 4.39 Å². The quantitative estimate of drug-likeness (QED) is 0.623. The first kappa shape index (κ1) is 13.6. The fourth-order valence-corrected chi connectivity index (χ4v) is 1.98. The zero-order chi connectivity index (χ0) is 12.0. The molecule has 1 aromatic rings. The Balaban J connectivity index is 2.62. The maximum Gasteiger partial charge on any atom is 0.127 e. The SMILES string of the molecule is CCCCC(Cc1ccc(Br)cc1F)NN. The minimum Gasteiger partial charge on any atom is -0.271 e. The van der Waals surface area contributed by atoms with Crippen molar-refractivity contribution in [3.05, 3.63) is 34.1 Å².